The number of aryl methyl sites for hydroxylation is 1. The molecule has 0 aliphatic heterocycles. The first kappa shape index (κ1) is 26.8. The summed E-state index contributed by atoms with van der Waals surface area (Å²) >= 11 is 4.76. The van der Waals surface area contributed by atoms with Crippen molar-refractivity contribution >= 4 is 39.3 Å². The number of thioether (sulfide) groups is 1. The number of carbonyl (C=O) groups excluding carboxylic acids is 1. The van der Waals surface area contributed by atoms with Crippen molar-refractivity contribution in [2.24, 2.45) is 5.10 Å². The molecule has 37 heavy (non-hydrogen) atoms. The van der Waals surface area contributed by atoms with Crippen LogP contribution in [-0.4, -0.2) is 32.1 Å². The molecule has 1 heterocycles. The van der Waals surface area contributed by atoms with E-state index in [1.54, 1.807) is 0 Å². The Labute approximate surface area is 230 Å². The fourth-order valence-electron chi connectivity index (χ4n) is 3.66. The van der Waals surface area contributed by atoms with Crippen molar-refractivity contribution in [1.82, 2.24) is 20.2 Å². The average molecular weight is 577 g/mol. The number of nitrogens with zero attached hydrogens (tertiary/aromatic N) is 4. The zero-order valence-corrected chi connectivity index (χ0v) is 24.0. The summed E-state index contributed by atoms with van der Waals surface area (Å²) in [5.74, 6) is 0.677. The highest BCUT2D eigenvalue weighted by atomic mass is 79.9. The summed E-state index contributed by atoms with van der Waals surface area (Å²) in [6.45, 7) is 10.5. The van der Waals surface area contributed by atoms with Crippen LogP contribution in [0.1, 0.15) is 44.4 Å². The van der Waals surface area contributed by atoms with Crippen molar-refractivity contribution < 1.29 is 4.79 Å². The Balaban J connectivity index is 1.55. The molecular weight excluding hydrogens is 546 g/mol. The molecular formula is C29H30BrN5OS. The molecule has 4 rings (SSSR count). The lowest BCUT2D eigenvalue weighted by atomic mass is 9.87. The molecule has 0 unspecified atom stereocenters. The first-order chi connectivity index (χ1) is 17.6. The van der Waals surface area contributed by atoms with Gasteiger partial charge < -0.3 is 0 Å². The van der Waals surface area contributed by atoms with Crippen LogP contribution in [0.25, 0.3) is 17.1 Å². The number of aromatic nitrogens is 3. The van der Waals surface area contributed by atoms with Crippen LogP contribution in [0.5, 0.6) is 0 Å². The molecule has 4 aromatic rings. The number of rotatable bonds is 7. The highest BCUT2D eigenvalue weighted by molar-refractivity contribution is 9.10. The predicted octanol–water partition coefficient (Wildman–Crippen LogP) is 6.94. The van der Waals surface area contributed by atoms with Gasteiger partial charge in [0.2, 0.25) is 0 Å². The van der Waals surface area contributed by atoms with Gasteiger partial charge >= 0.3 is 0 Å². The molecule has 0 radical (unpaired) electrons. The first-order valence-electron chi connectivity index (χ1n) is 12.0. The van der Waals surface area contributed by atoms with Crippen LogP contribution in [0.3, 0.4) is 0 Å². The second kappa shape index (κ2) is 11.4. The molecule has 8 heteroatoms. The monoisotopic (exact) mass is 575 g/mol. The summed E-state index contributed by atoms with van der Waals surface area (Å²) in [6.07, 6.45) is 0. The van der Waals surface area contributed by atoms with Gasteiger partial charge in [-0.05, 0) is 54.7 Å². The van der Waals surface area contributed by atoms with Crippen LogP contribution in [0.15, 0.2) is 87.5 Å². The number of amides is 1. The molecule has 6 nitrogen and oxygen atoms in total. The van der Waals surface area contributed by atoms with Crippen LogP contribution in [0, 0.1) is 6.92 Å². The topological polar surface area (TPSA) is 72.2 Å². The Morgan fingerprint density at radius 1 is 0.973 bits per heavy atom. The lowest BCUT2D eigenvalue weighted by molar-refractivity contribution is -0.118. The van der Waals surface area contributed by atoms with E-state index in [2.05, 4.69) is 101 Å². The maximum absolute atomic E-state index is 12.6. The molecule has 1 amide bonds. The fourth-order valence-corrected chi connectivity index (χ4v) is 4.67. The van der Waals surface area contributed by atoms with Gasteiger partial charge in [0.25, 0.3) is 5.91 Å². The van der Waals surface area contributed by atoms with Crippen LogP contribution >= 0.6 is 27.7 Å². The van der Waals surface area contributed by atoms with Crippen molar-refractivity contribution in [2.75, 3.05) is 5.75 Å². The smallest absolute Gasteiger partial charge is 0.250 e. The fraction of sp³-hybridized carbons (Fsp3) is 0.241. The number of nitrogens with one attached hydrogen (secondary N) is 1. The Morgan fingerprint density at radius 3 is 2.24 bits per heavy atom. The van der Waals surface area contributed by atoms with Gasteiger partial charge in [0, 0.05) is 15.7 Å². The molecule has 1 aromatic heterocycles. The van der Waals surface area contributed by atoms with E-state index in [0.29, 0.717) is 5.16 Å². The number of benzene rings is 3. The molecule has 0 saturated carbocycles. The second-order valence-corrected chi connectivity index (χ2v) is 11.7. The maximum Gasteiger partial charge on any atom is 0.250 e. The molecule has 1 N–H and O–H groups in total. The van der Waals surface area contributed by atoms with E-state index in [-0.39, 0.29) is 17.1 Å². The third-order valence-electron chi connectivity index (χ3n) is 5.88. The third-order valence-corrected chi connectivity index (χ3v) is 7.33. The summed E-state index contributed by atoms with van der Waals surface area (Å²) in [6, 6.07) is 24.4. The first-order valence-corrected chi connectivity index (χ1v) is 13.7. The van der Waals surface area contributed by atoms with E-state index in [4.69, 9.17) is 0 Å². The van der Waals surface area contributed by atoms with E-state index in [1.807, 2.05) is 47.9 Å². The number of halogens is 1. The zero-order valence-electron chi connectivity index (χ0n) is 21.6. The average Bonchev–Trinajstić information content (AvgIpc) is 3.30. The van der Waals surface area contributed by atoms with Crippen LogP contribution in [0.2, 0.25) is 0 Å². The van der Waals surface area contributed by atoms with Crippen molar-refractivity contribution in [1.29, 1.82) is 0 Å². The van der Waals surface area contributed by atoms with E-state index in [0.717, 1.165) is 32.8 Å². The zero-order chi connectivity index (χ0) is 26.6. The summed E-state index contributed by atoms with van der Waals surface area (Å²) in [7, 11) is 0. The minimum atomic E-state index is -0.212. The third kappa shape index (κ3) is 6.76. The van der Waals surface area contributed by atoms with Crippen LogP contribution in [0.4, 0.5) is 0 Å². The Bertz CT molecular complexity index is 1400. The lowest BCUT2D eigenvalue weighted by Crippen LogP contribution is -2.21. The number of hydrogen-bond donors (Lipinski definition) is 1. The van der Waals surface area contributed by atoms with Crippen LogP contribution < -0.4 is 5.43 Å². The van der Waals surface area contributed by atoms with Gasteiger partial charge in [-0.15, -0.1) is 10.2 Å². The number of hydrogen-bond acceptors (Lipinski definition) is 5. The number of hydrazone groups is 1. The summed E-state index contributed by atoms with van der Waals surface area (Å²) < 4.78 is 2.99. The Kier molecular flexibility index (Phi) is 8.29. The number of carbonyl (C=O) groups is 1. The van der Waals surface area contributed by atoms with Crippen molar-refractivity contribution in [2.45, 2.75) is 45.2 Å². The summed E-state index contributed by atoms with van der Waals surface area (Å²) in [4.78, 5) is 12.6. The Morgan fingerprint density at radius 2 is 1.62 bits per heavy atom. The Hall–Kier alpha value is -3.23. The van der Waals surface area contributed by atoms with E-state index in [1.165, 1.54) is 22.9 Å². The lowest BCUT2D eigenvalue weighted by Gasteiger charge is -2.19. The maximum atomic E-state index is 12.6. The largest absolute Gasteiger partial charge is 0.272 e. The molecule has 0 fully saturated rings. The molecule has 3 aromatic carbocycles. The minimum absolute atomic E-state index is 0.0652. The van der Waals surface area contributed by atoms with Gasteiger partial charge in [0.15, 0.2) is 11.0 Å². The van der Waals surface area contributed by atoms with Gasteiger partial charge in [-0.25, -0.2) is 5.43 Å². The van der Waals surface area contributed by atoms with Gasteiger partial charge in [-0.1, -0.05) is 103 Å². The van der Waals surface area contributed by atoms with Crippen LogP contribution in [-0.2, 0) is 10.2 Å². The molecule has 0 bridgehead atoms. The van der Waals surface area contributed by atoms with Crippen molar-refractivity contribution in [3.63, 3.8) is 0 Å². The highest BCUT2D eigenvalue weighted by Gasteiger charge is 2.19. The quantitative estimate of drug-likeness (QED) is 0.147. The van der Waals surface area contributed by atoms with Gasteiger partial charge in [0.05, 0.1) is 11.5 Å². The molecule has 0 spiro atoms. The van der Waals surface area contributed by atoms with Crippen molar-refractivity contribution in [3.8, 4) is 17.1 Å². The molecule has 190 valence electrons. The van der Waals surface area contributed by atoms with Crippen molar-refractivity contribution in [3.05, 3.63) is 94.0 Å². The van der Waals surface area contributed by atoms with E-state index >= 15 is 0 Å². The van der Waals surface area contributed by atoms with Gasteiger partial charge in [-0.2, -0.15) is 5.10 Å². The SMILES string of the molecule is C/C(=N/NC(=O)CSc1nnc(-c2ccc(C(C)(C)C)cc2)n1-c1ccc(C)cc1)c1ccc(Br)cc1. The molecule has 0 aliphatic rings. The summed E-state index contributed by atoms with van der Waals surface area (Å²) in [5.41, 5.74) is 8.72. The highest BCUT2D eigenvalue weighted by Crippen LogP contribution is 2.30. The van der Waals surface area contributed by atoms with Gasteiger partial charge in [-0.3, -0.25) is 9.36 Å². The minimum Gasteiger partial charge on any atom is -0.272 e. The molecule has 0 aliphatic carbocycles. The predicted molar refractivity (Wildman–Crippen MR) is 155 cm³/mol. The second-order valence-electron chi connectivity index (χ2n) is 9.83. The summed E-state index contributed by atoms with van der Waals surface area (Å²) in [5, 5.41) is 13.8. The molecule has 0 saturated heterocycles. The van der Waals surface area contributed by atoms with E-state index in [9.17, 15) is 4.79 Å². The van der Waals surface area contributed by atoms with Gasteiger partial charge in [0.1, 0.15) is 0 Å². The molecule has 0 atom stereocenters. The van der Waals surface area contributed by atoms with E-state index < -0.39 is 0 Å². The normalized spacial score (nSPS) is 12.0. The standard InChI is InChI=1S/C29H30BrN5OS/c1-19-6-16-25(17-7-19)35-27(22-8-12-23(13-9-22)29(3,4)5)33-34-28(35)37-18-26(36)32-31-20(2)21-10-14-24(30)15-11-21/h6-17H,18H2,1-5H3,(H,32,36)/b31-20-.